The SMILES string of the molecule is CCc1nccn1CCCn1cnc2c(N)ncnc21. The molecule has 0 atom stereocenters. The van der Waals surface area contributed by atoms with Crippen molar-refractivity contribution in [2.24, 2.45) is 0 Å². The van der Waals surface area contributed by atoms with Crippen LogP contribution in [0.25, 0.3) is 11.2 Å². The Morgan fingerprint density at radius 3 is 2.80 bits per heavy atom. The van der Waals surface area contributed by atoms with Gasteiger partial charge in [-0.1, -0.05) is 6.92 Å². The first-order valence-electron chi connectivity index (χ1n) is 6.71. The lowest BCUT2D eigenvalue weighted by Gasteiger charge is -2.07. The molecule has 0 amide bonds. The lowest BCUT2D eigenvalue weighted by molar-refractivity contribution is 0.555. The van der Waals surface area contributed by atoms with E-state index in [1.807, 2.05) is 17.0 Å². The van der Waals surface area contributed by atoms with Crippen molar-refractivity contribution >= 4 is 17.0 Å². The molecule has 0 bridgehead atoms. The molecule has 3 heterocycles. The molecular formula is C13H17N7. The van der Waals surface area contributed by atoms with Crippen LogP contribution in [0.2, 0.25) is 0 Å². The third-order valence-electron chi connectivity index (χ3n) is 3.35. The maximum Gasteiger partial charge on any atom is 0.165 e. The summed E-state index contributed by atoms with van der Waals surface area (Å²) in [5, 5.41) is 0. The molecule has 0 spiro atoms. The Bertz CT molecular complexity index is 712. The zero-order valence-electron chi connectivity index (χ0n) is 11.4. The van der Waals surface area contributed by atoms with Crippen LogP contribution in [0, 0.1) is 0 Å². The van der Waals surface area contributed by atoms with Gasteiger partial charge in [0.1, 0.15) is 17.7 Å². The fraction of sp³-hybridized carbons (Fsp3) is 0.385. The summed E-state index contributed by atoms with van der Waals surface area (Å²) in [7, 11) is 0. The van der Waals surface area contributed by atoms with Crippen molar-refractivity contribution in [1.29, 1.82) is 0 Å². The third-order valence-corrected chi connectivity index (χ3v) is 3.35. The van der Waals surface area contributed by atoms with Crippen LogP contribution in [0.1, 0.15) is 19.2 Å². The van der Waals surface area contributed by atoms with Crippen molar-refractivity contribution in [1.82, 2.24) is 29.1 Å². The highest BCUT2D eigenvalue weighted by atomic mass is 15.1. The highest BCUT2D eigenvalue weighted by molar-refractivity contribution is 5.80. The average Bonchev–Trinajstić information content (AvgIpc) is 3.07. The number of nitrogen functional groups attached to an aromatic ring is 1. The first-order valence-corrected chi connectivity index (χ1v) is 6.71. The molecule has 0 saturated carbocycles. The van der Waals surface area contributed by atoms with Crippen molar-refractivity contribution in [2.75, 3.05) is 5.73 Å². The second kappa shape index (κ2) is 5.28. The molecule has 0 aliphatic carbocycles. The number of nitrogens with two attached hydrogens (primary N) is 1. The largest absolute Gasteiger partial charge is 0.382 e. The topological polar surface area (TPSA) is 87.4 Å². The Morgan fingerprint density at radius 1 is 1.10 bits per heavy atom. The van der Waals surface area contributed by atoms with Gasteiger partial charge in [-0.15, -0.1) is 0 Å². The number of anilines is 1. The smallest absolute Gasteiger partial charge is 0.165 e. The quantitative estimate of drug-likeness (QED) is 0.754. The zero-order valence-corrected chi connectivity index (χ0v) is 11.4. The number of imidazole rings is 2. The Balaban J connectivity index is 1.70. The maximum atomic E-state index is 5.77. The molecule has 0 unspecified atom stereocenters. The van der Waals surface area contributed by atoms with E-state index >= 15 is 0 Å². The minimum absolute atomic E-state index is 0.427. The Labute approximate surface area is 116 Å². The van der Waals surface area contributed by atoms with E-state index in [2.05, 4.69) is 31.4 Å². The lowest BCUT2D eigenvalue weighted by Crippen LogP contribution is -2.06. The van der Waals surface area contributed by atoms with Crippen LogP contribution < -0.4 is 5.73 Å². The fourth-order valence-electron chi connectivity index (χ4n) is 2.33. The molecule has 7 heteroatoms. The average molecular weight is 271 g/mol. The predicted molar refractivity (Wildman–Crippen MR) is 76.0 cm³/mol. The van der Waals surface area contributed by atoms with E-state index in [9.17, 15) is 0 Å². The van der Waals surface area contributed by atoms with E-state index in [1.165, 1.54) is 6.33 Å². The second-order valence-corrected chi connectivity index (χ2v) is 4.61. The van der Waals surface area contributed by atoms with Crippen molar-refractivity contribution in [3.8, 4) is 0 Å². The van der Waals surface area contributed by atoms with E-state index in [1.54, 1.807) is 6.33 Å². The summed E-state index contributed by atoms with van der Waals surface area (Å²) in [4.78, 5) is 16.8. The number of nitrogens with zero attached hydrogens (tertiary/aromatic N) is 6. The summed E-state index contributed by atoms with van der Waals surface area (Å²) in [5.74, 6) is 1.55. The Hall–Kier alpha value is -2.44. The molecule has 0 fully saturated rings. The number of hydrogen-bond acceptors (Lipinski definition) is 5. The molecule has 0 aromatic carbocycles. The van der Waals surface area contributed by atoms with Crippen molar-refractivity contribution < 1.29 is 0 Å². The van der Waals surface area contributed by atoms with Gasteiger partial charge in [0, 0.05) is 31.9 Å². The number of hydrogen-bond donors (Lipinski definition) is 1. The van der Waals surface area contributed by atoms with Crippen molar-refractivity contribution in [3.63, 3.8) is 0 Å². The Kier molecular flexibility index (Phi) is 3.32. The number of fused-ring (bicyclic) bond motifs is 1. The number of aromatic nitrogens is 6. The molecule has 0 aliphatic rings. The minimum Gasteiger partial charge on any atom is -0.382 e. The second-order valence-electron chi connectivity index (χ2n) is 4.61. The lowest BCUT2D eigenvalue weighted by atomic mass is 10.4. The van der Waals surface area contributed by atoms with E-state index in [4.69, 9.17) is 5.73 Å². The van der Waals surface area contributed by atoms with Crippen LogP contribution in [0.4, 0.5) is 5.82 Å². The van der Waals surface area contributed by atoms with E-state index < -0.39 is 0 Å². The van der Waals surface area contributed by atoms with Crippen molar-refractivity contribution in [2.45, 2.75) is 32.9 Å². The molecule has 3 rings (SSSR count). The van der Waals surface area contributed by atoms with Crippen LogP contribution in [-0.2, 0) is 19.5 Å². The molecule has 0 radical (unpaired) electrons. The molecule has 0 saturated heterocycles. The zero-order chi connectivity index (χ0) is 13.9. The first kappa shape index (κ1) is 12.6. The van der Waals surface area contributed by atoms with Gasteiger partial charge >= 0.3 is 0 Å². The van der Waals surface area contributed by atoms with Gasteiger partial charge in [0.05, 0.1) is 6.33 Å². The number of rotatable bonds is 5. The van der Waals surface area contributed by atoms with E-state index in [0.29, 0.717) is 11.3 Å². The van der Waals surface area contributed by atoms with Gasteiger partial charge in [-0.2, -0.15) is 0 Å². The highest BCUT2D eigenvalue weighted by Crippen LogP contribution is 2.14. The van der Waals surface area contributed by atoms with Gasteiger partial charge in [-0.25, -0.2) is 19.9 Å². The summed E-state index contributed by atoms with van der Waals surface area (Å²) in [6.07, 6.45) is 9.04. The fourth-order valence-corrected chi connectivity index (χ4v) is 2.33. The molecule has 0 aliphatic heterocycles. The standard InChI is InChI=1S/C13H17N7/c1-2-10-15-4-7-19(10)5-3-6-20-9-18-11-12(14)16-8-17-13(11)20/h4,7-9H,2-3,5-6H2,1H3,(H2,14,16,17). The van der Waals surface area contributed by atoms with Gasteiger partial charge < -0.3 is 14.9 Å². The molecule has 104 valence electrons. The van der Waals surface area contributed by atoms with Gasteiger partial charge in [0.15, 0.2) is 11.5 Å². The Morgan fingerprint density at radius 2 is 1.95 bits per heavy atom. The minimum atomic E-state index is 0.427. The first-order chi connectivity index (χ1) is 9.79. The molecule has 7 nitrogen and oxygen atoms in total. The van der Waals surface area contributed by atoms with Gasteiger partial charge in [0.2, 0.25) is 0 Å². The monoisotopic (exact) mass is 271 g/mol. The molecular weight excluding hydrogens is 254 g/mol. The van der Waals surface area contributed by atoms with Crippen LogP contribution >= 0.6 is 0 Å². The molecule has 3 aromatic heterocycles. The normalized spacial score (nSPS) is 11.2. The van der Waals surface area contributed by atoms with E-state index in [0.717, 1.165) is 37.4 Å². The summed E-state index contributed by atoms with van der Waals surface area (Å²) in [5.41, 5.74) is 7.24. The van der Waals surface area contributed by atoms with Crippen LogP contribution in [0.5, 0.6) is 0 Å². The van der Waals surface area contributed by atoms with Gasteiger partial charge in [-0.05, 0) is 6.42 Å². The number of aryl methyl sites for hydroxylation is 3. The summed E-state index contributed by atoms with van der Waals surface area (Å²) in [6, 6.07) is 0. The molecule has 2 N–H and O–H groups in total. The maximum absolute atomic E-state index is 5.77. The molecule has 3 aromatic rings. The molecule has 20 heavy (non-hydrogen) atoms. The highest BCUT2D eigenvalue weighted by Gasteiger charge is 2.07. The summed E-state index contributed by atoms with van der Waals surface area (Å²) < 4.78 is 4.19. The van der Waals surface area contributed by atoms with Gasteiger partial charge in [-0.3, -0.25) is 0 Å². The van der Waals surface area contributed by atoms with E-state index in [-0.39, 0.29) is 0 Å². The third kappa shape index (κ3) is 2.22. The van der Waals surface area contributed by atoms with Gasteiger partial charge in [0.25, 0.3) is 0 Å². The van der Waals surface area contributed by atoms with Crippen molar-refractivity contribution in [3.05, 3.63) is 30.9 Å². The predicted octanol–water partition coefficient (Wildman–Crippen LogP) is 1.26. The van der Waals surface area contributed by atoms with Crippen LogP contribution in [-0.4, -0.2) is 29.1 Å². The van der Waals surface area contributed by atoms with Crippen LogP contribution in [0.3, 0.4) is 0 Å². The summed E-state index contributed by atoms with van der Waals surface area (Å²) >= 11 is 0. The summed E-state index contributed by atoms with van der Waals surface area (Å²) in [6.45, 7) is 3.89. The van der Waals surface area contributed by atoms with Crippen LogP contribution in [0.15, 0.2) is 25.0 Å².